The Hall–Kier alpha value is -1.06. The van der Waals surface area contributed by atoms with E-state index < -0.39 is 0 Å². The predicted octanol–water partition coefficient (Wildman–Crippen LogP) is 1.83. The van der Waals surface area contributed by atoms with E-state index in [1.807, 2.05) is 6.07 Å². The number of fused-ring (bicyclic) bond motifs is 1. The van der Waals surface area contributed by atoms with Crippen LogP contribution in [-0.2, 0) is 11.3 Å². The highest BCUT2D eigenvalue weighted by molar-refractivity contribution is 5.40. The molecule has 0 fully saturated rings. The maximum Gasteiger partial charge on any atom is 0.119 e. The molecule has 0 radical (unpaired) electrons. The Kier molecular flexibility index (Phi) is 2.70. The first-order valence-corrected chi connectivity index (χ1v) is 4.80. The lowest BCUT2D eigenvalue weighted by molar-refractivity contribution is 0.0609. The third kappa shape index (κ3) is 1.61. The van der Waals surface area contributed by atoms with Gasteiger partial charge < -0.3 is 9.57 Å². The van der Waals surface area contributed by atoms with E-state index in [4.69, 9.17) is 9.57 Å². The van der Waals surface area contributed by atoms with Crippen LogP contribution in [0.5, 0.6) is 5.75 Å². The number of aryl methyl sites for hydroxylation is 1. The molecule has 0 amide bonds. The van der Waals surface area contributed by atoms with E-state index in [9.17, 15) is 0 Å². The number of hydroxylamine groups is 1. The molecule has 1 aliphatic rings. The number of nitrogens with one attached hydrogen (secondary N) is 1. The van der Waals surface area contributed by atoms with Gasteiger partial charge in [-0.3, -0.25) is 0 Å². The van der Waals surface area contributed by atoms with Gasteiger partial charge in [0.2, 0.25) is 0 Å². The second kappa shape index (κ2) is 3.98. The Morgan fingerprint density at radius 1 is 1.36 bits per heavy atom. The van der Waals surface area contributed by atoms with Crippen LogP contribution in [-0.4, -0.2) is 14.2 Å². The zero-order chi connectivity index (χ0) is 9.97. The SMILES string of the molecule is CONC1CCc2ccc(OC)cc21. The van der Waals surface area contributed by atoms with Gasteiger partial charge in [0.1, 0.15) is 5.75 Å². The fourth-order valence-electron chi connectivity index (χ4n) is 1.97. The van der Waals surface area contributed by atoms with Gasteiger partial charge in [0.15, 0.2) is 0 Å². The average Bonchev–Trinajstić information content (AvgIpc) is 2.61. The van der Waals surface area contributed by atoms with Crippen molar-refractivity contribution in [3.05, 3.63) is 29.3 Å². The molecule has 1 aliphatic carbocycles. The van der Waals surface area contributed by atoms with Crippen molar-refractivity contribution in [1.82, 2.24) is 5.48 Å². The van der Waals surface area contributed by atoms with E-state index in [-0.39, 0.29) is 0 Å². The molecule has 76 valence electrons. The number of hydrogen-bond acceptors (Lipinski definition) is 3. The van der Waals surface area contributed by atoms with Gasteiger partial charge in [-0.25, -0.2) is 0 Å². The van der Waals surface area contributed by atoms with Gasteiger partial charge in [-0.2, -0.15) is 5.48 Å². The van der Waals surface area contributed by atoms with Crippen molar-refractivity contribution in [2.75, 3.05) is 14.2 Å². The van der Waals surface area contributed by atoms with E-state index in [1.54, 1.807) is 14.2 Å². The number of rotatable bonds is 3. The lowest BCUT2D eigenvalue weighted by Crippen LogP contribution is -2.17. The number of methoxy groups -OCH3 is 1. The molecule has 3 heteroatoms. The zero-order valence-corrected chi connectivity index (χ0v) is 8.54. The summed E-state index contributed by atoms with van der Waals surface area (Å²) in [5.74, 6) is 0.911. The largest absolute Gasteiger partial charge is 0.497 e. The van der Waals surface area contributed by atoms with Crippen molar-refractivity contribution in [3.8, 4) is 5.75 Å². The Morgan fingerprint density at radius 2 is 2.21 bits per heavy atom. The smallest absolute Gasteiger partial charge is 0.119 e. The van der Waals surface area contributed by atoms with E-state index in [0.717, 1.165) is 18.6 Å². The van der Waals surface area contributed by atoms with Crippen LogP contribution in [0.15, 0.2) is 18.2 Å². The normalized spacial score (nSPS) is 19.4. The van der Waals surface area contributed by atoms with E-state index in [1.165, 1.54) is 11.1 Å². The Balaban J connectivity index is 2.27. The molecule has 0 aliphatic heterocycles. The molecule has 0 saturated heterocycles. The lowest BCUT2D eigenvalue weighted by atomic mass is 10.1. The Morgan fingerprint density at radius 3 is 2.93 bits per heavy atom. The molecule has 1 N–H and O–H groups in total. The topological polar surface area (TPSA) is 30.5 Å². The molecule has 1 unspecified atom stereocenters. The average molecular weight is 193 g/mol. The van der Waals surface area contributed by atoms with Gasteiger partial charge >= 0.3 is 0 Å². The van der Waals surface area contributed by atoms with Crippen LogP contribution >= 0.6 is 0 Å². The highest BCUT2D eigenvalue weighted by atomic mass is 16.6. The quantitative estimate of drug-likeness (QED) is 0.743. The molecule has 0 bridgehead atoms. The molecule has 0 spiro atoms. The second-order valence-electron chi connectivity index (χ2n) is 3.48. The summed E-state index contributed by atoms with van der Waals surface area (Å²) >= 11 is 0. The minimum absolute atomic E-state index is 0.310. The molecule has 14 heavy (non-hydrogen) atoms. The first kappa shape index (κ1) is 9.49. The molecule has 0 aromatic heterocycles. The molecular weight excluding hydrogens is 178 g/mol. The number of ether oxygens (including phenoxy) is 1. The van der Waals surface area contributed by atoms with E-state index >= 15 is 0 Å². The van der Waals surface area contributed by atoms with Gasteiger partial charge in [0.25, 0.3) is 0 Å². The van der Waals surface area contributed by atoms with Crippen molar-refractivity contribution in [3.63, 3.8) is 0 Å². The van der Waals surface area contributed by atoms with Gasteiger partial charge in [-0.05, 0) is 36.1 Å². The van der Waals surface area contributed by atoms with Gasteiger partial charge in [-0.15, -0.1) is 0 Å². The summed E-state index contributed by atoms with van der Waals surface area (Å²) in [6, 6.07) is 6.53. The third-order valence-corrected chi connectivity index (χ3v) is 2.69. The molecule has 3 nitrogen and oxygen atoms in total. The summed E-state index contributed by atoms with van der Waals surface area (Å²) in [5, 5.41) is 0. The molecule has 0 heterocycles. The molecule has 1 aromatic rings. The van der Waals surface area contributed by atoms with Crippen LogP contribution < -0.4 is 10.2 Å². The first-order chi connectivity index (χ1) is 6.85. The summed E-state index contributed by atoms with van der Waals surface area (Å²) in [6.07, 6.45) is 2.21. The van der Waals surface area contributed by atoms with Crippen molar-refractivity contribution in [2.45, 2.75) is 18.9 Å². The standard InChI is InChI=1S/C11H15NO2/c1-13-9-5-3-8-4-6-11(12-14-2)10(8)7-9/h3,5,7,11-12H,4,6H2,1-2H3. The third-order valence-electron chi connectivity index (χ3n) is 2.69. The van der Waals surface area contributed by atoms with Crippen molar-refractivity contribution >= 4 is 0 Å². The molecule has 1 aromatic carbocycles. The van der Waals surface area contributed by atoms with Crippen LogP contribution in [0.2, 0.25) is 0 Å². The minimum Gasteiger partial charge on any atom is -0.497 e. The highest BCUT2D eigenvalue weighted by Gasteiger charge is 2.22. The summed E-state index contributed by atoms with van der Waals surface area (Å²) in [5.41, 5.74) is 5.68. The monoisotopic (exact) mass is 193 g/mol. The Labute approximate surface area is 84.0 Å². The fraction of sp³-hybridized carbons (Fsp3) is 0.455. The number of hydrogen-bond donors (Lipinski definition) is 1. The lowest BCUT2D eigenvalue weighted by Gasteiger charge is -2.12. The molecule has 2 rings (SSSR count). The van der Waals surface area contributed by atoms with Crippen LogP contribution in [0.1, 0.15) is 23.6 Å². The van der Waals surface area contributed by atoms with Gasteiger partial charge in [0, 0.05) is 0 Å². The maximum absolute atomic E-state index is 5.20. The van der Waals surface area contributed by atoms with Crippen molar-refractivity contribution in [2.24, 2.45) is 0 Å². The van der Waals surface area contributed by atoms with E-state index in [2.05, 4.69) is 17.6 Å². The first-order valence-electron chi connectivity index (χ1n) is 4.80. The molecular formula is C11H15NO2. The Bertz CT molecular complexity index is 323. The van der Waals surface area contributed by atoms with Crippen molar-refractivity contribution in [1.29, 1.82) is 0 Å². The van der Waals surface area contributed by atoms with Crippen LogP contribution in [0.4, 0.5) is 0 Å². The molecule has 0 saturated carbocycles. The number of benzene rings is 1. The molecule has 1 atom stereocenters. The van der Waals surface area contributed by atoms with Crippen LogP contribution in [0.25, 0.3) is 0 Å². The second-order valence-corrected chi connectivity index (χ2v) is 3.48. The van der Waals surface area contributed by atoms with Gasteiger partial charge in [0.05, 0.1) is 20.3 Å². The summed E-state index contributed by atoms with van der Waals surface area (Å²) < 4.78 is 5.20. The van der Waals surface area contributed by atoms with Crippen LogP contribution in [0, 0.1) is 0 Å². The minimum atomic E-state index is 0.310. The maximum atomic E-state index is 5.20. The van der Waals surface area contributed by atoms with E-state index in [0.29, 0.717) is 6.04 Å². The summed E-state index contributed by atoms with van der Waals surface area (Å²) in [6.45, 7) is 0. The van der Waals surface area contributed by atoms with Gasteiger partial charge in [-0.1, -0.05) is 6.07 Å². The summed E-state index contributed by atoms with van der Waals surface area (Å²) in [4.78, 5) is 4.97. The zero-order valence-electron chi connectivity index (χ0n) is 8.54. The highest BCUT2D eigenvalue weighted by Crippen LogP contribution is 2.33. The fourth-order valence-corrected chi connectivity index (χ4v) is 1.97. The van der Waals surface area contributed by atoms with Crippen molar-refractivity contribution < 1.29 is 9.57 Å². The summed E-state index contributed by atoms with van der Waals surface area (Å²) in [7, 11) is 3.34. The van der Waals surface area contributed by atoms with Crippen LogP contribution in [0.3, 0.4) is 0 Å². The predicted molar refractivity (Wildman–Crippen MR) is 54.2 cm³/mol.